The van der Waals surface area contributed by atoms with Crippen molar-refractivity contribution >= 4 is 21.4 Å². The summed E-state index contributed by atoms with van der Waals surface area (Å²) >= 11 is 5.82. The maximum atomic E-state index is 14.5. The van der Waals surface area contributed by atoms with Crippen LogP contribution >= 0.6 is 11.6 Å². The number of halogens is 5. The fraction of sp³-hybridized carbons (Fsp3) is 0.0500. The Labute approximate surface area is 188 Å². The van der Waals surface area contributed by atoms with Crippen LogP contribution in [-0.4, -0.2) is 33.5 Å². The minimum absolute atomic E-state index is 0.0541. The predicted molar refractivity (Wildman–Crippen MR) is 111 cm³/mol. The molecule has 2 heterocycles. The second-order valence-corrected chi connectivity index (χ2v) is 8.97. The van der Waals surface area contributed by atoms with Gasteiger partial charge in [0.1, 0.15) is 5.69 Å². The lowest BCUT2D eigenvalue weighted by molar-refractivity contribution is -0.0436. The molecule has 2 aromatic carbocycles. The Kier molecular flexibility index (Phi) is 5.58. The maximum Gasteiger partial charge on any atom is 0.501 e. The van der Waals surface area contributed by atoms with E-state index in [9.17, 15) is 30.8 Å². The van der Waals surface area contributed by atoms with Gasteiger partial charge in [-0.1, -0.05) is 23.7 Å². The summed E-state index contributed by atoms with van der Waals surface area (Å²) in [6.07, 6.45) is 2.45. The lowest BCUT2D eigenvalue weighted by atomic mass is 10.2. The Morgan fingerprint density at radius 1 is 1.00 bits per heavy atom. The second-order valence-electron chi connectivity index (χ2n) is 6.62. The predicted octanol–water partition coefficient (Wildman–Crippen LogP) is 4.17. The van der Waals surface area contributed by atoms with Crippen LogP contribution in [0.5, 0.6) is 0 Å². The van der Waals surface area contributed by atoms with Crippen LogP contribution in [0.25, 0.3) is 22.8 Å². The zero-order chi connectivity index (χ0) is 24.0. The third-order valence-electron chi connectivity index (χ3n) is 4.55. The fourth-order valence-corrected chi connectivity index (χ4v) is 3.96. The summed E-state index contributed by atoms with van der Waals surface area (Å²) in [4.78, 5) is 11.5. The molecule has 0 saturated carbocycles. The molecule has 0 fully saturated rings. The first kappa shape index (κ1) is 22.7. The van der Waals surface area contributed by atoms with E-state index in [0.717, 1.165) is 39.8 Å². The van der Waals surface area contributed by atoms with Gasteiger partial charge >= 0.3 is 5.51 Å². The van der Waals surface area contributed by atoms with E-state index in [1.165, 1.54) is 36.5 Å². The third-order valence-corrected chi connectivity index (χ3v) is 6.33. The maximum absolute atomic E-state index is 14.5. The van der Waals surface area contributed by atoms with Crippen LogP contribution in [0, 0.1) is 5.82 Å². The van der Waals surface area contributed by atoms with Crippen LogP contribution in [0.15, 0.2) is 76.7 Å². The number of nitrogens with zero attached hydrogens (tertiary/aromatic N) is 4. The Bertz CT molecular complexity index is 1530. The van der Waals surface area contributed by atoms with Crippen LogP contribution in [0.1, 0.15) is 0 Å². The Morgan fingerprint density at radius 2 is 1.73 bits per heavy atom. The fourth-order valence-electron chi connectivity index (χ4n) is 2.99. The van der Waals surface area contributed by atoms with Gasteiger partial charge in [0.25, 0.3) is 9.84 Å². The zero-order valence-corrected chi connectivity index (χ0v) is 17.7. The SMILES string of the molecule is O=c1ccn(-c2cccc(S(=O)(=O)C(F)(F)F)c2)nc1-c1ccnn1-c1cccc(Cl)c1F. The van der Waals surface area contributed by atoms with E-state index < -0.39 is 31.5 Å². The van der Waals surface area contributed by atoms with Gasteiger partial charge in [-0.25, -0.2) is 22.2 Å². The molecule has 0 aliphatic rings. The quantitative estimate of drug-likeness (QED) is 0.394. The number of alkyl halides is 3. The van der Waals surface area contributed by atoms with Gasteiger partial charge < -0.3 is 0 Å². The molecule has 0 atom stereocenters. The van der Waals surface area contributed by atoms with Gasteiger partial charge in [-0.2, -0.15) is 23.4 Å². The third kappa shape index (κ3) is 4.02. The van der Waals surface area contributed by atoms with Crippen molar-refractivity contribution in [2.45, 2.75) is 10.4 Å². The highest BCUT2D eigenvalue weighted by Gasteiger charge is 2.46. The molecule has 170 valence electrons. The van der Waals surface area contributed by atoms with Gasteiger partial charge in [0.05, 0.1) is 27.5 Å². The average molecular weight is 499 g/mol. The Balaban J connectivity index is 1.85. The summed E-state index contributed by atoms with van der Waals surface area (Å²) in [5.74, 6) is -0.787. The van der Waals surface area contributed by atoms with Crippen LogP contribution in [0.4, 0.5) is 17.6 Å². The van der Waals surface area contributed by atoms with E-state index in [1.54, 1.807) is 0 Å². The molecule has 0 saturated heterocycles. The average Bonchev–Trinajstić information content (AvgIpc) is 3.24. The molecule has 0 radical (unpaired) electrons. The number of benzene rings is 2. The van der Waals surface area contributed by atoms with Gasteiger partial charge in [0.2, 0.25) is 5.43 Å². The first-order valence-electron chi connectivity index (χ1n) is 9.01. The monoisotopic (exact) mass is 498 g/mol. The van der Waals surface area contributed by atoms with E-state index in [1.807, 2.05) is 0 Å². The Morgan fingerprint density at radius 3 is 2.45 bits per heavy atom. The van der Waals surface area contributed by atoms with E-state index in [0.29, 0.717) is 0 Å². The van der Waals surface area contributed by atoms with E-state index >= 15 is 0 Å². The number of aromatic nitrogens is 4. The van der Waals surface area contributed by atoms with Gasteiger partial charge in [-0.3, -0.25) is 4.79 Å². The molecule has 0 aliphatic heterocycles. The van der Waals surface area contributed by atoms with Gasteiger partial charge in [0, 0.05) is 12.3 Å². The van der Waals surface area contributed by atoms with Crippen molar-refractivity contribution in [3.8, 4) is 22.8 Å². The van der Waals surface area contributed by atoms with Crippen molar-refractivity contribution in [2.24, 2.45) is 0 Å². The standard InChI is InChI=1S/C20H11ClF4N4O3S/c21-14-5-2-6-15(18(14)22)29-16(7-9-26-29)19-17(30)8-10-28(27-19)12-3-1-4-13(11-12)33(31,32)20(23,24)25/h1-11H. The summed E-state index contributed by atoms with van der Waals surface area (Å²) in [5.41, 5.74) is -6.32. The number of rotatable bonds is 4. The summed E-state index contributed by atoms with van der Waals surface area (Å²) in [6, 6.07) is 10.7. The number of hydrogen-bond acceptors (Lipinski definition) is 5. The zero-order valence-electron chi connectivity index (χ0n) is 16.2. The topological polar surface area (TPSA) is 86.8 Å². The largest absolute Gasteiger partial charge is 0.501 e. The molecule has 0 N–H and O–H groups in total. The van der Waals surface area contributed by atoms with Crippen molar-refractivity contribution < 1.29 is 26.0 Å². The molecule has 0 bridgehead atoms. The van der Waals surface area contributed by atoms with E-state index in [4.69, 9.17) is 11.6 Å². The molecule has 0 aliphatic carbocycles. The van der Waals surface area contributed by atoms with E-state index in [-0.39, 0.29) is 27.8 Å². The highest BCUT2D eigenvalue weighted by molar-refractivity contribution is 7.92. The molecule has 33 heavy (non-hydrogen) atoms. The molecular weight excluding hydrogens is 488 g/mol. The van der Waals surface area contributed by atoms with Crippen molar-refractivity contribution in [3.05, 3.63) is 88.1 Å². The van der Waals surface area contributed by atoms with Gasteiger partial charge in [0.15, 0.2) is 11.5 Å². The minimum atomic E-state index is -5.59. The van der Waals surface area contributed by atoms with Crippen molar-refractivity contribution in [1.82, 2.24) is 19.6 Å². The molecule has 13 heteroatoms. The molecule has 0 unspecified atom stereocenters. The smallest absolute Gasteiger partial charge is 0.287 e. The van der Waals surface area contributed by atoms with Gasteiger partial charge in [-0.15, -0.1) is 0 Å². The second kappa shape index (κ2) is 8.12. The van der Waals surface area contributed by atoms with Crippen molar-refractivity contribution in [2.75, 3.05) is 0 Å². The number of sulfone groups is 1. The first-order chi connectivity index (χ1) is 15.5. The van der Waals surface area contributed by atoms with E-state index in [2.05, 4.69) is 10.2 Å². The first-order valence-corrected chi connectivity index (χ1v) is 10.9. The summed E-state index contributed by atoms with van der Waals surface area (Å²) in [7, 11) is -5.59. The molecule has 4 aromatic rings. The van der Waals surface area contributed by atoms with Crippen LogP contribution in [0.2, 0.25) is 5.02 Å². The van der Waals surface area contributed by atoms with Crippen LogP contribution < -0.4 is 5.43 Å². The number of hydrogen-bond donors (Lipinski definition) is 0. The normalized spacial score (nSPS) is 12.2. The molecule has 4 rings (SSSR count). The summed E-state index contributed by atoms with van der Waals surface area (Å²) in [6.45, 7) is 0. The van der Waals surface area contributed by atoms with Crippen molar-refractivity contribution in [3.63, 3.8) is 0 Å². The highest BCUT2D eigenvalue weighted by atomic mass is 35.5. The summed E-state index contributed by atoms with van der Waals surface area (Å²) < 4.78 is 78.9. The van der Waals surface area contributed by atoms with Crippen molar-refractivity contribution in [1.29, 1.82) is 0 Å². The molecule has 0 spiro atoms. The Hall–Kier alpha value is -3.51. The molecular formula is C20H11ClF4N4O3S. The lowest BCUT2D eigenvalue weighted by Gasteiger charge is -2.12. The summed E-state index contributed by atoms with van der Waals surface area (Å²) in [5, 5.41) is 7.96. The van der Waals surface area contributed by atoms with Crippen LogP contribution in [0.3, 0.4) is 0 Å². The molecule has 2 aromatic heterocycles. The van der Waals surface area contributed by atoms with Gasteiger partial charge in [-0.05, 0) is 36.4 Å². The lowest BCUT2D eigenvalue weighted by Crippen LogP contribution is -2.23. The molecule has 0 amide bonds. The molecule has 7 nitrogen and oxygen atoms in total. The minimum Gasteiger partial charge on any atom is -0.287 e. The van der Waals surface area contributed by atoms with Crippen LogP contribution in [-0.2, 0) is 9.84 Å². The highest BCUT2D eigenvalue weighted by Crippen LogP contribution is 2.31.